The van der Waals surface area contributed by atoms with E-state index >= 15 is 0 Å². The molecule has 0 saturated carbocycles. The van der Waals surface area contributed by atoms with Gasteiger partial charge in [0.2, 0.25) is 5.95 Å². The third-order valence-corrected chi connectivity index (χ3v) is 4.35. The molecule has 0 spiro atoms. The van der Waals surface area contributed by atoms with Crippen molar-refractivity contribution in [2.24, 2.45) is 0 Å². The zero-order valence-electron chi connectivity index (χ0n) is 14.0. The fraction of sp³-hybridized carbons (Fsp3) is 0.150. The highest BCUT2D eigenvalue weighted by atomic mass is 19.1. The Morgan fingerprint density at radius 2 is 1.77 bits per heavy atom. The number of benzene rings is 2. The largest absolute Gasteiger partial charge is 0.324 e. The van der Waals surface area contributed by atoms with E-state index in [1.54, 1.807) is 17.0 Å². The van der Waals surface area contributed by atoms with Crippen molar-refractivity contribution in [3.8, 4) is 0 Å². The first-order valence-corrected chi connectivity index (χ1v) is 8.45. The lowest BCUT2D eigenvalue weighted by atomic mass is 10.0. The van der Waals surface area contributed by atoms with Gasteiger partial charge in [0.05, 0.1) is 5.56 Å². The first-order chi connectivity index (χ1) is 12.7. The number of anilines is 3. The Hall–Kier alpha value is -3.28. The molecule has 0 saturated heterocycles. The van der Waals surface area contributed by atoms with Crippen molar-refractivity contribution in [1.29, 1.82) is 0 Å². The minimum atomic E-state index is -0.306. The zero-order valence-corrected chi connectivity index (χ0v) is 14.0. The van der Waals surface area contributed by atoms with Gasteiger partial charge in [0.25, 0.3) is 5.91 Å². The summed E-state index contributed by atoms with van der Waals surface area (Å²) < 4.78 is 12.9. The molecule has 1 aliphatic heterocycles. The molecule has 0 aliphatic carbocycles. The molecule has 5 nitrogen and oxygen atoms in total. The number of nitrogens with one attached hydrogen (secondary N) is 1. The summed E-state index contributed by atoms with van der Waals surface area (Å²) in [4.78, 5) is 23.0. The maximum atomic E-state index is 12.9. The first kappa shape index (κ1) is 16.2. The Kier molecular flexibility index (Phi) is 4.31. The number of carbonyl (C=O) groups is 1. The van der Waals surface area contributed by atoms with Crippen LogP contribution in [0.2, 0.25) is 0 Å². The summed E-state index contributed by atoms with van der Waals surface area (Å²) in [7, 11) is 0. The van der Waals surface area contributed by atoms with E-state index in [0.29, 0.717) is 23.7 Å². The molecule has 0 bridgehead atoms. The Bertz CT molecular complexity index is 925. The maximum Gasteiger partial charge on any atom is 0.261 e. The van der Waals surface area contributed by atoms with Crippen molar-refractivity contribution < 1.29 is 9.18 Å². The van der Waals surface area contributed by atoms with Crippen LogP contribution in [0.25, 0.3) is 0 Å². The third-order valence-electron chi connectivity index (χ3n) is 4.35. The molecule has 1 aromatic heterocycles. The highest BCUT2D eigenvalue weighted by Crippen LogP contribution is 2.28. The molecule has 0 radical (unpaired) electrons. The van der Waals surface area contributed by atoms with Gasteiger partial charge in [-0.3, -0.25) is 4.79 Å². The fourth-order valence-electron chi connectivity index (χ4n) is 3.07. The SMILES string of the molecule is O=C(c1cnc(Nc2ccc(F)cc2)nc1)N1CCCc2ccccc21. The second kappa shape index (κ2) is 6.92. The van der Waals surface area contributed by atoms with Crippen molar-refractivity contribution in [3.63, 3.8) is 0 Å². The molecule has 1 amide bonds. The van der Waals surface area contributed by atoms with Crippen molar-refractivity contribution in [3.05, 3.63) is 77.9 Å². The van der Waals surface area contributed by atoms with Crippen molar-refractivity contribution in [2.75, 3.05) is 16.8 Å². The van der Waals surface area contributed by atoms with Crippen molar-refractivity contribution in [2.45, 2.75) is 12.8 Å². The minimum Gasteiger partial charge on any atom is -0.324 e. The fourth-order valence-corrected chi connectivity index (χ4v) is 3.07. The second-order valence-corrected chi connectivity index (χ2v) is 6.12. The lowest BCUT2D eigenvalue weighted by Gasteiger charge is -2.29. The van der Waals surface area contributed by atoms with Gasteiger partial charge in [-0.2, -0.15) is 0 Å². The Labute approximate surface area is 150 Å². The van der Waals surface area contributed by atoms with E-state index in [-0.39, 0.29) is 11.7 Å². The van der Waals surface area contributed by atoms with Gasteiger partial charge in [-0.25, -0.2) is 14.4 Å². The number of amides is 1. The second-order valence-electron chi connectivity index (χ2n) is 6.12. The molecule has 4 rings (SSSR count). The molecule has 3 aromatic rings. The van der Waals surface area contributed by atoms with Crippen LogP contribution in [0.15, 0.2) is 60.9 Å². The first-order valence-electron chi connectivity index (χ1n) is 8.45. The van der Waals surface area contributed by atoms with Crippen LogP contribution in [0, 0.1) is 5.82 Å². The summed E-state index contributed by atoms with van der Waals surface area (Å²) in [5, 5.41) is 2.98. The quantitative estimate of drug-likeness (QED) is 0.779. The maximum absolute atomic E-state index is 12.9. The van der Waals surface area contributed by atoms with Crippen LogP contribution in [0.4, 0.5) is 21.7 Å². The summed E-state index contributed by atoms with van der Waals surface area (Å²) in [5.74, 6) is -0.0584. The highest BCUT2D eigenvalue weighted by molar-refractivity contribution is 6.06. The van der Waals surface area contributed by atoms with E-state index in [1.165, 1.54) is 30.1 Å². The van der Waals surface area contributed by atoms with Crippen LogP contribution in [0.1, 0.15) is 22.3 Å². The predicted octanol–water partition coefficient (Wildman–Crippen LogP) is 3.95. The van der Waals surface area contributed by atoms with E-state index < -0.39 is 0 Å². The van der Waals surface area contributed by atoms with E-state index in [1.807, 2.05) is 18.2 Å². The molecule has 130 valence electrons. The smallest absolute Gasteiger partial charge is 0.261 e. The summed E-state index contributed by atoms with van der Waals surface area (Å²) in [6.07, 6.45) is 4.95. The van der Waals surface area contributed by atoms with Crippen molar-refractivity contribution >= 4 is 23.2 Å². The van der Waals surface area contributed by atoms with Gasteiger partial charge in [0.1, 0.15) is 5.82 Å². The molecule has 1 aliphatic rings. The highest BCUT2D eigenvalue weighted by Gasteiger charge is 2.23. The summed E-state index contributed by atoms with van der Waals surface area (Å²) in [6, 6.07) is 13.9. The molecule has 6 heteroatoms. The standard InChI is InChI=1S/C20H17FN4O/c21-16-7-9-17(10-8-16)24-20-22-12-15(13-23-20)19(26)25-11-3-5-14-4-1-2-6-18(14)25/h1-2,4,6-10,12-13H,3,5,11H2,(H,22,23,24). The average Bonchev–Trinajstić information content (AvgIpc) is 2.69. The number of para-hydroxylation sites is 1. The summed E-state index contributed by atoms with van der Waals surface area (Å²) >= 11 is 0. The summed E-state index contributed by atoms with van der Waals surface area (Å²) in [5.41, 5.74) is 3.25. The van der Waals surface area contributed by atoms with Gasteiger partial charge >= 0.3 is 0 Å². The minimum absolute atomic E-state index is 0.106. The number of halogens is 1. The van der Waals surface area contributed by atoms with Crippen LogP contribution < -0.4 is 10.2 Å². The number of aromatic nitrogens is 2. The zero-order chi connectivity index (χ0) is 17.9. The van der Waals surface area contributed by atoms with Crippen LogP contribution >= 0.6 is 0 Å². The van der Waals surface area contributed by atoms with Crippen LogP contribution in [-0.2, 0) is 6.42 Å². The lowest BCUT2D eigenvalue weighted by Crippen LogP contribution is -2.35. The van der Waals surface area contributed by atoms with Gasteiger partial charge in [-0.05, 0) is 48.7 Å². The number of nitrogens with zero attached hydrogens (tertiary/aromatic N) is 3. The number of carbonyl (C=O) groups excluding carboxylic acids is 1. The van der Waals surface area contributed by atoms with Gasteiger partial charge in [0, 0.05) is 30.3 Å². The number of fused-ring (bicyclic) bond motifs is 1. The van der Waals surface area contributed by atoms with E-state index in [0.717, 1.165) is 18.5 Å². The van der Waals surface area contributed by atoms with Gasteiger partial charge in [-0.1, -0.05) is 18.2 Å². The van der Waals surface area contributed by atoms with Crippen LogP contribution in [0.3, 0.4) is 0 Å². The molecule has 2 aromatic carbocycles. The van der Waals surface area contributed by atoms with E-state index in [4.69, 9.17) is 0 Å². The number of hydrogen-bond acceptors (Lipinski definition) is 4. The normalized spacial score (nSPS) is 13.2. The summed E-state index contributed by atoms with van der Waals surface area (Å²) in [6.45, 7) is 0.686. The molecular formula is C20H17FN4O. The van der Waals surface area contributed by atoms with E-state index in [2.05, 4.69) is 21.4 Å². The molecule has 1 N–H and O–H groups in total. The average molecular weight is 348 g/mol. The Balaban J connectivity index is 1.52. The topological polar surface area (TPSA) is 58.1 Å². The number of hydrogen-bond donors (Lipinski definition) is 1. The monoisotopic (exact) mass is 348 g/mol. The molecule has 2 heterocycles. The van der Waals surface area contributed by atoms with Gasteiger partial charge in [-0.15, -0.1) is 0 Å². The van der Waals surface area contributed by atoms with Crippen LogP contribution in [0.5, 0.6) is 0 Å². The molecule has 0 fully saturated rings. The molecule has 0 atom stereocenters. The molecular weight excluding hydrogens is 331 g/mol. The van der Waals surface area contributed by atoms with Crippen molar-refractivity contribution in [1.82, 2.24) is 9.97 Å². The van der Waals surface area contributed by atoms with Gasteiger partial charge in [0.15, 0.2) is 0 Å². The molecule has 0 unspecified atom stereocenters. The Morgan fingerprint density at radius 3 is 2.54 bits per heavy atom. The van der Waals surface area contributed by atoms with Gasteiger partial charge < -0.3 is 10.2 Å². The van der Waals surface area contributed by atoms with Crippen LogP contribution in [-0.4, -0.2) is 22.4 Å². The number of aryl methyl sites for hydroxylation is 1. The molecule has 26 heavy (non-hydrogen) atoms. The predicted molar refractivity (Wildman–Crippen MR) is 98.2 cm³/mol. The Morgan fingerprint density at radius 1 is 1.04 bits per heavy atom. The lowest BCUT2D eigenvalue weighted by molar-refractivity contribution is 0.0984. The number of rotatable bonds is 3. The van der Waals surface area contributed by atoms with E-state index in [9.17, 15) is 9.18 Å². The third kappa shape index (κ3) is 3.26.